The molecule has 1 aromatic carbocycles. The Labute approximate surface area is 165 Å². The molecule has 1 N–H and O–H groups in total. The maximum atomic E-state index is 12.3. The number of fused-ring (bicyclic) bond motifs is 1. The van der Waals surface area contributed by atoms with Gasteiger partial charge in [0.1, 0.15) is 5.69 Å². The Morgan fingerprint density at radius 3 is 3.00 bits per heavy atom. The van der Waals surface area contributed by atoms with Gasteiger partial charge in [-0.1, -0.05) is 5.16 Å². The van der Waals surface area contributed by atoms with E-state index in [2.05, 4.69) is 30.3 Å². The van der Waals surface area contributed by atoms with Gasteiger partial charge in [-0.2, -0.15) is 4.98 Å². The SMILES string of the molecule is CN1CC(NC(=O)c2cnccn2)CC1c1nc(-c2ccc3c(c2)OCO3)no1. The van der Waals surface area contributed by atoms with Crippen LogP contribution in [0.5, 0.6) is 11.5 Å². The van der Waals surface area contributed by atoms with Crippen LogP contribution in [0.1, 0.15) is 28.8 Å². The molecule has 0 radical (unpaired) electrons. The Morgan fingerprint density at radius 1 is 1.24 bits per heavy atom. The van der Waals surface area contributed by atoms with Gasteiger partial charge >= 0.3 is 0 Å². The first-order valence-electron chi connectivity index (χ1n) is 9.18. The van der Waals surface area contributed by atoms with Gasteiger partial charge in [0.2, 0.25) is 18.5 Å². The van der Waals surface area contributed by atoms with Gasteiger partial charge in [-0.15, -0.1) is 0 Å². The Balaban J connectivity index is 1.29. The molecule has 2 aliphatic heterocycles. The number of nitrogens with one attached hydrogen (secondary N) is 1. The van der Waals surface area contributed by atoms with E-state index >= 15 is 0 Å². The van der Waals surface area contributed by atoms with E-state index in [1.165, 1.54) is 18.6 Å². The van der Waals surface area contributed by atoms with Crippen LogP contribution in [0.15, 0.2) is 41.3 Å². The van der Waals surface area contributed by atoms with Gasteiger partial charge in [0.25, 0.3) is 5.91 Å². The van der Waals surface area contributed by atoms with Crippen molar-refractivity contribution in [2.24, 2.45) is 0 Å². The summed E-state index contributed by atoms with van der Waals surface area (Å²) in [5, 5.41) is 7.10. The smallest absolute Gasteiger partial charge is 0.271 e. The fraction of sp³-hybridized carbons (Fsp3) is 0.316. The molecule has 0 bridgehead atoms. The lowest BCUT2D eigenvalue weighted by atomic mass is 10.1. The number of carbonyl (C=O) groups excluding carboxylic acids is 1. The minimum absolute atomic E-state index is 0.0552. The molecule has 2 unspecified atom stereocenters. The number of hydrogen-bond donors (Lipinski definition) is 1. The number of ether oxygens (including phenoxy) is 2. The summed E-state index contributed by atoms with van der Waals surface area (Å²) in [6.45, 7) is 0.878. The van der Waals surface area contributed by atoms with Crippen LogP contribution in [-0.4, -0.2) is 57.3 Å². The highest BCUT2D eigenvalue weighted by atomic mass is 16.7. The molecule has 1 amide bonds. The lowest BCUT2D eigenvalue weighted by molar-refractivity contribution is 0.0933. The summed E-state index contributed by atoms with van der Waals surface area (Å²) in [7, 11) is 1.96. The summed E-state index contributed by atoms with van der Waals surface area (Å²) in [4.78, 5) is 26.9. The monoisotopic (exact) mass is 394 g/mol. The summed E-state index contributed by atoms with van der Waals surface area (Å²) in [6, 6.07) is 5.38. The van der Waals surface area contributed by atoms with Crippen LogP contribution in [0.4, 0.5) is 0 Å². The third kappa shape index (κ3) is 3.38. The Kier molecular flexibility index (Phi) is 4.32. The fourth-order valence-corrected chi connectivity index (χ4v) is 3.59. The zero-order chi connectivity index (χ0) is 19.8. The van der Waals surface area contributed by atoms with E-state index < -0.39 is 0 Å². The average molecular weight is 394 g/mol. The first-order valence-corrected chi connectivity index (χ1v) is 9.18. The third-order valence-corrected chi connectivity index (χ3v) is 5.04. The summed E-state index contributed by atoms with van der Waals surface area (Å²) >= 11 is 0. The molecule has 2 aromatic heterocycles. The van der Waals surface area contributed by atoms with Crippen molar-refractivity contribution < 1.29 is 18.8 Å². The van der Waals surface area contributed by atoms with Crippen LogP contribution in [-0.2, 0) is 0 Å². The third-order valence-electron chi connectivity index (χ3n) is 5.04. The molecular weight excluding hydrogens is 376 g/mol. The Hall–Kier alpha value is -3.53. The number of nitrogens with zero attached hydrogens (tertiary/aromatic N) is 5. The molecule has 5 rings (SSSR count). The number of benzene rings is 1. The second-order valence-corrected chi connectivity index (χ2v) is 6.98. The van der Waals surface area contributed by atoms with Crippen molar-refractivity contribution in [1.82, 2.24) is 30.3 Å². The van der Waals surface area contributed by atoms with Gasteiger partial charge in [0.05, 0.1) is 12.2 Å². The van der Waals surface area contributed by atoms with Crippen LogP contribution in [0.2, 0.25) is 0 Å². The molecule has 1 saturated heterocycles. The number of hydrogen-bond acceptors (Lipinski definition) is 9. The van der Waals surface area contributed by atoms with Crippen molar-refractivity contribution in [1.29, 1.82) is 0 Å². The molecule has 0 saturated carbocycles. The molecule has 1 fully saturated rings. The van der Waals surface area contributed by atoms with Crippen LogP contribution in [0.25, 0.3) is 11.4 Å². The van der Waals surface area contributed by atoms with E-state index in [1.807, 2.05) is 25.2 Å². The van der Waals surface area contributed by atoms with Gasteiger partial charge < -0.3 is 19.3 Å². The maximum absolute atomic E-state index is 12.3. The number of likely N-dealkylation sites (tertiary alicyclic amines) is 1. The highest BCUT2D eigenvalue weighted by Gasteiger charge is 2.35. The normalized spacial score (nSPS) is 20.7. The quantitative estimate of drug-likeness (QED) is 0.701. The summed E-state index contributed by atoms with van der Waals surface area (Å²) < 4.78 is 16.3. The van der Waals surface area contributed by atoms with Gasteiger partial charge in [0.15, 0.2) is 11.5 Å². The molecular formula is C19H18N6O4. The molecule has 10 heteroatoms. The predicted molar refractivity (Wildman–Crippen MR) is 99.1 cm³/mol. The molecule has 2 atom stereocenters. The van der Waals surface area contributed by atoms with Crippen molar-refractivity contribution >= 4 is 5.91 Å². The lowest BCUT2D eigenvalue weighted by Gasteiger charge is -2.14. The fourth-order valence-electron chi connectivity index (χ4n) is 3.59. The van der Waals surface area contributed by atoms with E-state index in [4.69, 9.17) is 14.0 Å². The molecule has 4 heterocycles. The number of rotatable bonds is 4. The zero-order valence-corrected chi connectivity index (χ0v) is 15.6. The largest absolute Gasteiger partial charge is 0.454 e. The highest BCUT2D eigenvalue weighted by Crippen LogP contribution is 2.36. The first kappa shape index (κ1) is 17.6. The first-order chi connectivity index (χ1) is 14.2. The average Bonchev–Trinajstić information content (AvgIpc) is 3.47. The molecule has 0 spiro atoms. The number of amides is 1. The molecule has 0 aliphatic carbocycles. The summed E-state index contributed by atoms with van der Waals surface area (Å²) in [5.41, 5.74) is 1.08. The zero-order valence-electron chi connectivity index (χ0n) is 15.6. The minimum atomic E-state index is -0.247. The maximum Gasteiger partial charge on any atom is 0.271 e. The van der Waals surface area contributed by atoms with Crippen LogP contribution in [0, 0.1) is 0 Å². The Bertz CT molecular complexity index is 1040. The van der Waals surface area contributed by atoms with Crippen molar-refractivity contribution in [3.63, 3.8) is 0 Å². The standard InChI is InChI=1S/C19H18N6O4/c1-25-9-12(22-18(26)13-8-20-4-5-21-13)7-14(25)19-23-17(24-29-19)11-2-3-15-16(6-11)28-10-27-15/h2-6,8,12,14H,7,9-10H2,1H3,(H,22,26). The van der Waals surface area contributed by atoms with Crippen molar-refractivity contribution in [2.75, 3.05) is 20.4 Å². The van der Waals surface area contributed by atoms with E-state index in [1.54, 1.807) is 0 Å². The predicted octanol–water partition coefficient (Wildman–Crippen LogP) is 1.43. The van der Waals surface area contributed by atoms with E-state index in [9.17, 15) is 4.79 Å². The topological polar surface area (TPSA) is 116 Å². The number of likely N-dealkylation sites (N-methyl/N-ethyl adjacent to an activating group) is 1. The second-order valence-electron chi connectivity index (χ2n) is 6.98. The van der Waals surface area contributed by atoms with Crippen molar-refractivity contribution in [3.8, 4) is 22.9 Å². The molecule has 29 heavy (non-hydrogen) atoms. The molecule has 10 nitrogen and oxygen atoms in total. The summed E-state index contributed by atoms with van der Waals surface area (Å²) in [5.74, 6) is 2.12. The van der Waals surface area contributed by atoms with E-state index in [-0.39, 0.29) is 24.8 Å². The van der Waals surface area contributed by atoms with Gasteiger partial charge in [0, 0.05) is 30.5 Å². The van der Waals surface area contributed by atoms with Crippen molar-refractivity contribution in [3.05, 3.63) is 48.4 Å². The molecule has 2 aliphatic rings. The van der Waals surface area contributed by atoms with E-state index in [0.29, 0.717) is 41.9 Å². The van der Waals surface area contributed by atoms with Gasteiger partial charge in [-0.25, -0.2) is 4.98 Å². The Morgan fingerprint density at radius 2 is 2.14 bits per heavy atom. The van der Waals surface area contributed by atoms with Gasteiger partial charge in [-0.05, 0) is 31.7 Å². The van der Waals surface area contributed by atoms with Gasteiger partial charge in [-0.3, -0.25) is 14.7 Å². The van der Waals surface area contributed by atoms with Crippen LogP contribution in [0.3, 0.4) is 0 Å². The van der Waals surface area contributed by atoms with Crippen molar-refractivity contribution in [2.45, 2.75) is 18.5 Å². The van der Waals surface area contributed by atoms with E-state index in [0.717, 1.165) is 5.56 Å². The minimum Gasteiger partial charge on any atom is -0.454 e. The molecule has 3 aromatic rings. The molecule has 148 valence electrons. The lowest BCUT2D eigenvalue weighted by Crippen LogP contribution is -2.36. The number of carbonyl (C=O) groups is 1. The van der Waals surface area contributed by atoms with Crippen LogP contribution < -0.4 is 14.8 Å². The van der Waals surface area contributed by atoms with Crippen LogP contribution >= 0.6 is 0 Å². The summed E-state index contributed by atoms with van der Waals surface area (Å²) in [6.07, 6.45) is 5.13. The number of aromatic nitrogens is 4. The second kappa shape index (κ2) is 7.13. The highest BCUT2D eigenvalue weighted by molar-refractivity contribution is 5.92.